The first kappa shape index (κ1) is 19.1. The van der Waals surface area contributed by atoms with Crippen molar-refractivity contribution in [3.63, 3.8) is 0 Å². The first-order valence-corrected chi connectivity index (χ1v) is 9.77. The van der Waals surface area contributed by atoms with E-state index in [1.54, 1.807) is 4.90 Å². The van der Waals surface area contributed by atoms with E-state index in [1.165, 1.54) is 6.07 Å². The van der Waals surface area contributed by atoms with Crippen LogP contribution >= 0.6 is 0 Å². The minimum Gasteiger partial charge on any atom is -0.377 e. The van der Waals surface area contributed by atoms with Gasteiger partial charge in [-0.2, -0.15) is 0 Å². The van der Waals surface area contributed by atoms with E-state index in [0.717, 1.165) is 24.8 Å². The number of hydrogen-bond donors (Lipinski definition) is 1. The number of aromatic nitrogens is 1. The molecule has 7 heteroatoms. The fourth-order valence-electron chi connectivity index (χ4n) is 4.28. The number of ether oxygens (including phenoxy) is 2. The number of pyridine rings is 1. The van der Waals surface area contributed by atoms with Gasteiger partial charge >= 0.3 is 0 Å². The Labute approximate surface area is 164 Å². The Morgan fingerprint density at radius 1 is 1.36 bits per heavy atom. The number of aromatic amines is 1. The molecule has 1 spiro atoms. The van der Waals surface area contributed by atoms with Gasteiger partial charge in [0.2, 0.25) is 5.56 Å². The summed E-state index contributed by atoms with van der Waals surface area (Å²) in [6.07, 6.45) is 1.97. The van der Waals surface area contributed by atoms with Crippen molar-refractivity contribution in [1.82, 2.24) is 14.8 Å². The fraction of sp³-hybridized carbons (Fsp3) is 0.524. The zero-order valence-corrected chi connectivity index (χ0v) is 16.4. The molecular weight excluding hydrogens is 358 g/mol. The second-order valence-corrected chi connectivity index (χ2v) is 8.10. The second-order valence-electron chi connectivity index (χ2n) is 8.10. The van der Waals surface area contributed by atoms with Crippen molar-refractivity contribution in [3.8, 4) is 0 Å². The van der Waals surface area contributed by atoms with Crippen LogP contribution in [-0.4, -0.2) is 79.3 Å². The third-order valence-corrected chi connectivity index (χ3v) is 5.53. The van der Waals surface area contributed by atoms with Gasteiger partial charge in [0.05, 0.1) is 31.4 Å². The van der Waals surface area contributed by atoms with E-state index < -0.39 is 5.60 Å². The molecule has 2 aliphatic rings. The van der Waals surface area contributed by atoms with Gasteiger partial charge in [-0.1, -0.05) is 18.2 Å². The van der Waals surface area contributed by atoms with Crippen molar-refractivity contribution in [2.75, 3.05) is 46.9 Å². The molecule has 0 aliphatic carbocycles. The largest absolute Gasteiger partial charge is 0.377 e. The summed E-state index contributed by atoms with van der Waals surface area (Å²) in [5.74, 6) is -0.146. The number of benzene rings is 1. The van der Waals surface area contributed by atoms with E-state index in [2.05, 4.69) is 9.88 Å². The summed E-state index contributed by atoms with van der Waals surface area (Å²) < 4.78 is 12.2. The number of nitrogens with zero attached hydrogens (tertiary/aromatic N) is 2. The zero-order valence-electron chi connectivity index (χ0n) is 16.4. The molecule has 1 aromatic heterocycles. The third kappa shape index (κ3) is 3.83. The standard InChI is InChI=1S/C21H27N3O4/c1-23(2)12-15-7-8-21(28-15)13-24(9-10-27-14-21)20(26)17-11-19(25)22-18-6-4-3-5-16(17)18/h3-6,11,15H,7-10,12-14H2,1-2H3,(H,22,25)/t15-,21+/m0/s1. The number of amides is 1. The van der Waals surface area contributed by atoms with E-state index in [1.807, 2.05) is 38.4 Å². The second kappa shape index (κ2) is 7.66. The van der Waals surface area contributed by atoms with Crippen LogP contribution in [0, 0.1) is 0 Å². The van der Waals surface area contributed by atoms with Crippen molar-refractivity contribution in [2.24, 2.45) is 0 Å². The molecule has 2 fully saturated rings. The van der Waals surface area contributed by atoms with Crippen LogP contribution in [0.1, 0.15) is 23.2 Å². The molecule has 0 bridgehead atoms. The van der Waals surface area contributed by atoms with E-state index >= 15 is 0 Å². The molecule has 0 unspecified atom stereocenters. The predicted molar refractivity (Wildman–Crippen MR) is 107 cm³/mol. The first-order valence-electron chi connectivity index (χ1n) is 9.77. The van der Waals surface area contributed by atoms with Crippen molar-refractivity contribution in [1.29, 1.82) is 0 Å². The highest BCUT2D eigenvalue weighted by molar-refractivity contribution is 6.06. The molecule has 2 aliphatic heterocycles. The molecule has 0 saturated carbocycles. The van der Waals surface area contributed by atoms with Gasteiger partial charge in [0, 0.05) is 30.1 Å². The highest BCUT2D eigenvalue weighted by atomic mass is 16.6. The average molecular weight is 385 g/mol. The molecule has 2 atom stereocenters. The number of carbonyl (C=O) groups excluding carboxylic acids is 1. The summed E-state index contributed by atoms with van der Waals surface area (Å²) in [4.78, 5) is 32.1. The van der Waals surface area contributed by atoms with Crippen molar-refractivity contribution in [3.05, 3.63) is 46.2 Å². The van der Waals surface area contributed by atoms with Crippen molar-refractivity contribution in [2.45, 2.75) is 24.5 Å². The SMILES string of the molecule is CN(C)C[C@@H]1CC[C@@]2(COCCN(C(=O)c3cc(=O)[nH]c4ccccc34)C2)O1. The maximum absolute atomic E-state index is 13.4. The molecule has 7 nitrogen and oxygen atoms in total. The Balaban J connectivity index is 1.61. The normalized spacial score (nSPS) is 25.5. The maximum Gasteiger partial charge on any atom is 0.254 e. The summed E-state index contributed by atoms with van der Waals surface area (Å²) in [5.41, 5.74) is 0.358. The van der Waals surface area contributed by atoms with Gasteiger partial charge < -0.3 is 24.3 Å². The number of rotatable bonds is 3. The molecule has 2 saturated heterocycles. The summed E-state index contributed by atoms with van der Waals surface area (Å²) in [5, 5.41) is 0.754. The summed E-state index contributed by atoms with van der Waals surface area (Å²) in [6, 6.07) is 8.79. The van der Waals surface area contributed by atoms with E-state index in [9.17, 15) is 9.59 Å². The van der Waals surface area contributed by atoms with Gasteiger partial charge in [-0.25, -0.2) is 0 Å². The van der Waals surface area contributed by atoms with Gasteiger partial charge in [-0.15, -0.1) is 0 Å². The Morgan fingerprint density at radius 2 is 2.18 bits per heavy atom. The van der Waals surface area contributed by atoms with Gasteiger partial charge in [0.25, 0.3) is 5.91 Å². The van der Waals surface area contributed by atoms with Crippen LogP contribution in [-0.2, 0) is 9.47 Å². The maximum atomic E-state index is 13.4. The zero-order chi connectivity index (χ0) is 19.7. The van der Waals surface area contributed by atoms with E-state index in [-0.39, 0.29) is 17.6 Å². The summed E-state index contributed by atoms with van der Waals surface area (Å²) in [6.45, 7) is 2.79. The van der Waals surface area contributed by atoms with Crippen LogP contribution in [0.15, 0.2) is 35.1 Å². The molecule has 4 rings (SSSR count). The lowest BCUT2D eigenvalue weighted by Gasteiger charge is -2.32. The Bertz CT molecular complexity index is 925. The molecule has 28 heavy (non-hydrogen) atoms. The minimum absolute atomic E-state index is 0.146. The molecule has 1 N–H and O–H groups in total. The predicted octanol–water partition coefficient (Wildman–Crippen LogP) is 1.48. The molecule has 0 radical (unpaired) electrons. The lowest BCUT2D eigenvalue weighted by Crippen LogP contribution is -2.47. The molecule has 1 aromatic carbocycles. The lowest BCUT2D eigenvalue weighted by molar-refractivity contribution is -0.0878. The number of fused-ring (bicyclic) bond motifs is 1. The average Bonchev–Trinajstić information content (AvgIpc) is 2.91. The number of para-hydroxylation sites is 1. The molecule has 3 heterocycles. The lowest BCUT2D eigenvalue weighted by atomic mass is 9.99. The Morgan fingerprint density at radius 3 is 3.00 bits per heavy atom. The summed E-state index contributed by atoms with van der Waals surface area (Å²) in [7, 11) is 4.07. The first-order chi connectivity index (χ1) is 13.5. The topological polar surface area (TPSA) is 74.9 Å². The quantitative estimate of drug-likeness (QED) is 0.866. The number of H-pyrrole nitrogens is 1. The number of likely N-dealkylation sites (N-methyl/N-ethyl adjacent to an activating group) is 1. The number of hydrogen-bond acceptors (Lipinski definition) is 5. The smallest absolute Gasteiger partial charge is 0.254 e. The van der Waals surface area contributed by atoms with Crippen molar-refractivity contribution < 1.29 is 14.3 Å². The third-order valence-electron chi connectivity index (χ3n) is 5.53. The van der Waals surface area contributed by atoms with Crippen LogP contribution in [0.4, 0.5) is 0 Å². The van der Waals surface area contributed by atoms with Crippen LogP contribution in [0.3, 0.4) is 0 Å². The van der Waals surface area contributed by atoms with Crippen molar-refractivity contribution >= 4 is 16.8 Å². The highest BCUT2D eigenvalue weighted by Gasteiger charge is 2.44. The number of nitrogens with one attached hydrogen (secondary N) is 1. The van der Waals surface area contributed by atoms with Gasteiger partial charge in [0.1, 0.15) is 5.60 Å². The van der Waals surface area contributed by atoms with Crippen LogP contribution in [0.5, 0.6) is 0 Å². The van der Waals surface area contributed by atoms with Crippen LogP contribution < -0.4 is 5.56 Å². The summed E-state index contributed by atoms with van der Waals surface area (Å²) >= 11 is 0. The highest BCUT2D eigenvalue weighted by Crippen LogP contribution is 2.34. The van der Waals surface area contributed by atoms with Crippen LogP contribution in [0.25, 0.3) is 10.9 Å². The van der Waals surface area contributed by atoms with E-state index in [4.69, 9.17) is 9.47 Å². The Kier molecular flexibility index (Phi) is 5.23. The van der Waals surface area contributed by atoms with E-state index in [0.29, 0.717) is 37.4 Å². The van der Waals surface area contributed by atoms with Gasteiger partial charge in [-0.05, 0) is 33.0 Å². The molecular formula is C21H27N3O4. The molecule has 150 valence electrons. The van der Waals surface area contributed by atoms with Gasteiger partial charge in [0.15, 0.2) is 0 Å². The van der Waals surface area contributed by atoms with Gasteiger partial charge in [-0.3, -0.25) is 9.59 Å². The Hall–Kier alpha value is -2.22. The molecule has 1 amide bonds. The minimum atomic E-state index is -0.468. The monoisotopic (exact) mass is 385 g/mol. The molecule has 2 aromatic rings. The number of carbonyl (C=O) groups is 1. The fourth-order valence-corrected chi connectivity index (χ4v) is 4.28. The van der Waals surface area contributed by atoms with Crippen LogP contribution in [0.2, 0.25) is 0 Å².